The summed E-state index contributed by atoms with van der Waals surface area (Å²) in [5.41, 5.74) is 7.74. The second-order valence-electron chi connectivity index (χ2n) is 4.03. The molecule has 2 rings (SSSR count). The highest BCUT2D eigenvalue weighted by Crippen LogP contribution is 2.30. The second kappa shape index (κ2) is 5.22. The minimum Gasteiger partial charge on any atom is -0.395 e. The van der Waals surface area contributed by atoms with E-state index in [0.717, 1.165) is 0 Å². The van der Waals surface area contributed by atoms with Gasteiger partial charge in [-0.15, -0.1) is 0 Å². The summed E-state index contributed by atoms with van der Waals surface area (Å²) >= 11 is 9.29. The van der Waals surface area contributed by atoms with Crippen LogP contribution in [0, 0.1) is 6.92 Å². The van der Waals surface area contributed by atoms with E-state index in [4.69, 9.17) is 17.3 Å². The van der Waals surface area contributed by atoms with Gasteiger partial charge in [-0.2, -0.15) is 5.10 Å². The highest BCUT2D eigenvalue weighted by molar-refractivity contribution is 9.10. The third-order valence-corrected chi connectivity index (χ3v) is 4.08. The quantitative estimate of drug-likeness (QED) is 0.880. The maximum atomic E-state index is 12.2. The summed E-state index contributed by atoms with van der Waals surface area (Å²) in [4.78, 5) is 12.2. The minimum atomic E-state index is -0.330. The number of nitrogens with two attached hydrogens (primary N) is 1. The van der Waals surface area contributed by atoms with E-state index in [9.17, 15) is 4.79 Å². The van der Waals surface area contributed by atoms with E-state index in [-0.39, 0.29) is 5.91 Å². The first-order chi connectivity index (χ1) is 8.91. The molecule has 7 heteroatoms. The molecule has 100 valence electrons. The van der Waals surface area contributed by atoms with Crippen molar-refractivity contribution in [2.75, 3.05) is 11.1 Å². The molecule has 0 aliphatic carbocycles. The number of nitrogens with zero attached hydrogens (tertiary/aromatic N) is 2. The molecule has 3 N–H and O–H groups in total. The SMILES string of the molecule is Cc1nn(C)c(C(=O)Nc2cccc(Cl)c2Br)c1N. The van der Waals surface area contributed by atoms with Crippen molar-refractivity contribution in [2.45, 2.75) is 6.92 Å². The van der Waals surface area contributed by atoms with Crippen molar-refractivity contribution in [3.8, 4) is 0 Å². The maximum Gasteiger partial charge on any atom is 0.276 e. The third-order valence-electron chi connectivity index (χ3n) is 2.68. The number of aromatic nitrogens is 2. The van der Waals surface area contributed by atoms with Gasteiger partial charge in [-0.1, -0.05) is 17.7 Å². The van der Waals surface area contributed by atoms with Gasteiger partial charge in [0, 0.05) is 7.05 Å². The summed E-state index contributed by atoms with van der Waals surface area (Å²) in [6, 6.07) is 5.22. The van der Waals surface area contributed by atoms with Crippen LogP contribution in [0.15, 0.2) is 22.7 Å². The lowest BCUT2D eigenvalue weighted by molar-refractivity contribution is 0.101. The standard InChI is InChI=1S/C12H12BrClN4O/c1-6-10(15)11(18(2)17-6)12(19)16-8-5-3-4-7(14)9(8)13/h3-5H,15H2,1-2H3,(H,16,19). The molecule has 0 aliphatic rings. The number of hydrogen-bond acceptors (Lipinski definition) is 3. The van der Waals surface area contributed by atoms with Crippen molar-refractivity contribution < 1.29 is 4.79 Å². The van der Waals surface area contributed by atoms with Crippen molar-refractivity contribution in [3.63, 3.8) is 0 Å². The van der Waals surface area contributed by atoms with Gasteiger partial charge in [-0.05, 0) is 35.0 Å². The topological polar surface area (TPSA) is 72.9 Å². The molecule has 0 spiro atoms. The lowest BCUT2D eigenvalue weighted by Gasteiger charge is -2.09. The Bertz CT molecular complexity index is 653. The van der Waals surface area contributed by atoms with Gasteiger partial charge >= 0.3 is 0 Å². The molecule has 19 heavy (non-hydrogen) atoms. The number of nitrogens with one attached hydrogen (secondary N) is 1. The zero-order valence-corrected chi connectivity index (χ0v) is 12.7. The number of anilines is 2. The van der Waals surface area contributed by atoms with Crippen LogP contribution in [0.4, 0.5) is 11.4 Å². The second-order valence-corrected chi connectivity index (χ2v) is 5.23. The monoisotopic (exact) mass is 342 g/mol. The van der Waals surface area contributed by atoms with Gasteiger partial charge in [0.25, 0.3) is 5.91 Å². The zero-order chi connectivity index (χ0) is 14.2. The molecule has 1 heterocycles. The summed E-state index contributed by atoms with van der Waals surface area (Å²) in [7, 11) is 1.67. The van der Waals surface area contributed by atoms with Crippen molar-refractivity contribution in [1.82, 2.24) is 9.78 Å². The van der Waals surface area contributed by atoms with Crippen LogP contribution in [0.25, 0.3) is 0 Å². The van der Waals surface area contributed by atoms with E-state index in [0.29, 0.717) is 32.3 Å². The predicted octanol–water partition coefficient (Wildman–Crippen LogP) is 2.98. The van der Waals surface area contributed by atoms with Gasteiger partial charge in [0.15, 0.2) is 0 Å². The molecule has 2 aromatic rings. The molecule has 0 bridgehead atoms. The molecule has 0 saturated heterocycles. The number of carbonyl (C=O) groups excluding carboxylic acids is 1. The number of carbonyl (C=O) groups is 1. The summed E-state index contributed by atoms with van der Waals surface area (Å²) in [6.07, 6.45) is 0. The predicted molar refractivity (Wildman–Crippen MR) is 79.5 cm³/mol. The summed E-state index contributed by atoms with van der Waals surface area (Å²) in [6.45, 7) is 1.75. The van der Waals surface area contributed by atoms with E-state index < -0.39 is 0 Å². The Labute approximate surface area is 123 Å². The van der Waals surface area contributed by atoms with Crippen LogP contribution >= 0.6 is 27.5 Å². The van der Waals surface area contributed by atoms with Gasteiger partial charge in [0.2, 0.25) is 0 Å². The number of nitrogen functional groups attached to an aromatic ring is 1. The number of amides is 1. The van der Waals surface area contributed by atoms with Crippen LogP contribution in [0.5, 0.6) is 0 Å². The first-order valence-corrected chi connectivity index (χ1v) is 6.63. The van der Waals surface area contributed by atoms with Crippen molar-refractivity contribution in [2.24, 2.45) is 7.05 Å². The van der Waals surface area contributed by atoms with E-state index >= 15 is 0 Å². The fourth-order valence-corrected chi connectivity index (χ4v) is 2.26. The average Bonchev–Trinajstić information content (AvgIpc) is 2.59. The Morgan fingerprint density at radius 3 is 2.79 bits per heavy atom. The summed E-state index contributed by atoms with van der Waals surface area (Å²) < 4.78 is 2.08. The van der Waals surface area contributed by atoms with E-state index in [1.165, 1.54) is 4.68 Å². The van der Waals surface area contributed by atoms with Crippen LogP contribution < -0.4 is 11.1 Å². The van der Waals surface area contributed by atoms with Crippen LogP contribution in [0.1, 0.15) is 16.2 Å². The molecule has 0 atom stereocenters. The fourth-order valence-electron chi connectivity index (χ4n) is 1.73. The maximum absolute atomic E-state index is 12.2. The fraction of sp³-hybridized carbons (Fsp3) is 0.167. The number of aryl methyl sites for hydroxylation is 2. The third kappa shape index (κ3) is 2.59. The smallest absolute Gasteiger partial charge is 0.276 e. The normalized spacial score (nSPS) is 10.5. The van der Waals surface area contributed by atoms with Crippen LogP contribution in [0.3, 0.4) is 0 Å². The summed E-state index contributed by atoms with van der Waals surface area (Å²) in [5.74, 6) is -0.330. The molecule has 0 unspecified atom stereocenters. The van der Waals surface area contributed by atoms with Gasteiger partial charge in [0.1, 0.15) is 5.69 Å². The van der Waals surface area contributed by atoms with Gasteiger partial charge < -0.3 is 11.1 Å². The van der Waals surface area contributed by atoms with E-state index in [2.05, 4.69) is 26.3 Å². The van der Waals surface area contributed by atoms with E-state index in [1.807, 2.05) is 0 Å². The number of halogens is 2. The number of hydrogen-bond donors (Lipinski definition) is 2. The molecule has 0 radical (unpaired) electrons. The number of benzene rings is 1. The first-order valence-electron chi connectivity index (χ1n) is 5.46. The lowest BCUT2D eigenvalue weighted by Crippen LogP contribution is -2.18. The van der Waals surface area contributed by atoms with Crippen LogP contribution in [-0.2, 0) is 7.05 Å². The Morgan fingerprint density at radius 2 is 2.21 bits per heavy atom. The Morgan fingerprint density at radius 1 is 1.53 bits per heavy atom. The molecule has 0 saturated carbocycles. The Hall–Kier alpha value is -1.53. The largest absolute Gasteiger partial charge is 0.395 e. The van der Waals surface area contributed by atoms with Crippen LogP contribution in [0.2, 0.25) is 5.02 Å². The van der Waals surface area contributed by atoms with Gasteiger partial charge in [0.05, 0.1) is 26.6 Å². The molecule has 0 aliphatic heterocycles. The van der Waals surface area contributed by atoms with Gasteiger partial charge in [-0.3, -0.25) is 9.48 Å². The molecule has 1 amide bonds. The number of rotatable bonds is 2. The minimum absolute atomic E-state index is 0.323. The average molecular weight is 344 g/mol. The molecule has 0 fully saturated rings. The van der Waals surface area contributed by atoms with Crippen molar-refractivity contribution in [3.05, 3.63) is 39.1 Å². The summed E-state index contributed by atoms with van der Waals surface area (Å²) in [5, 5.41) is 7.38. The van der Waals surface area contributed by atoms with Gasteiger partial charge in [-0.25, -0.2) is 0 Å². The van der Waals surface area contributed by atoms with E-state index in [1.54, 1.807) is 32.2 Å². The molecular weight excluding hydrogens is 332 g/mol. The van der Waals surface area contributed by atoms with Crippen molar-refractivity contribution in [1.29, 1.82) is 0 Å². The molecule has 5 nitrogen and oxygen atoms in total. The highest BCUT2D eigenvalue weighted by Gasteiger charge is 2.19. The molecule has 1 aromatic heterocycles. The zero-order valence-electron chi connectivity index (χ0n) is 10.4. The Kier molecular flexibility index (Phi) is 3.82. The molecule has 1 aromatic carbocycles. The highest BCUT2D eigenvalue weighted by atomic mass is 79.9. The van der Waals surface area contributed by atoms with Crippen LogP contribution in [-0.4, -0.2) is 15.7 Å². The first kappa shape index (κ1) is 13.9. The molecular formula is C12H12BrClN4O. The van der Waals surface area contributed by atoms with Crippen molar-refractivity contribution >= 4 is 44.8 Å². The Balaban J connectivity index is 2.34. The lowest BCUT2D eigenvalue weighted by atomic mass is 10.2.